The molecule has 106 valence electrons. The van der Waals surface area contributed by atoms with E-state index < -0.39 is 0 Å². The van der Waals surface area contributed by atoms with Gasteiger partial charge in [-0.3, -0.25) is 4.79 Å². The lowest BCUT2D eigenvalue weighted by atomic mass is 10.0. The van der Waals surface area contributed by atoms with Crippen LogP contribution in [0.1, 0.15) is 57.4 Å². The van der Waals surface area contributed by atoms with Crippen molar-refractivity contribution in [1.82, 2.24) is 10.1 Å². The van der Waals surface area contributed by atoms with Crippen LogP contribution in [0.25, 0.3) is 11.4 Å². The highest BCUT2D eigenvalue weighted by Gasteiger charge is 2.20. The monoisotopic (exact) mass is 272 g/mol. The third-order valence-corrected chi connectivity index (χ3v) is 3.48. The molecule has 2 aromatic rings. The minimum absolute atomic E-state index is 0.107. The first-order valence-corrected chi connectivity index (χ1v) is 6.99. The van der Waals surface area contributed by atoms with E-state index in [4.69, 9.17) is 4.52 Å². The van der Waals surface area contributed by atoms with Crippen LogP contribution in [0.2, 0.25) is 0 Å². The van der Waals surface area contributed by atoms with E-state index in [1.807, 2.05) is 19.1 Å². The second kappa shape index (κ2) is 5.99. The standard InChI is InChI=1S/C16H20N2O2/c1-5-14(19)11(4)16-17-15(18-20-16)13-8-6-12(7-9-13)10(2)3/h6-11H,5H2,1-4H3. The summed E-state index contributed by atoms with van der Waals surface area (Å²) in [6.45, 7) is 7.94. The van der Waals surface area contributed by atoms with Gasteiger partial charge in [-0.2, -0.15) is 4.98 Å². The molecule has 2 rings (SSSR count). The summed E-state index contributed by atoms with van der Waals surface area (Å²) >= 11 is 0. The summed E-state index contributed by atoms with van der Waals surface area (Å²) < 4.78 is 5.20. The molecule has 0 saturated heterocycles. The van der Waals surface area contributed by atoms with Crippen LogP contribution in [0.15, 0.2) is 28.8 Å². The van der Waals surface area contributed by atoms with E-state index in [-0.39, 0.29) is 11.7 Å². The van der Waals surface area contributed by atoms with Crippen LogP contribution in [0.5, 0.6) is 0 Å². The van der Waals surface area contributed by atoms with Crippen molar-refractivity contribution in [3.05, 3.63) is 35.7 Å². The third kappa shape index (κ3) is 2.95. The first-order valence-electron chi connectivity index (χ1n) is 6.99. The van der Waals surface area contributed by atoms with Gasteiger partial charge in [-0.05, 0) is 18.4 Å². The SMILES string of the molecule is CCC(=O)C(C)c1nc(-c2ccc(C(C)C)cc2)no1. The predicted octanol–water partition coefficient (Wildman–Crippen LogP) is 3.94. The topological polar surface area (TPSA) is 56.0 Å². The van der Waals surface area contributed by atoms with E-state index in [1.165, 1.54) is 5.56 Å². The molecule has 0 amide bonds. The molecule has 4 heteroatoms. The van der Waals surface area contributed by atoms with Gasteiger partial charge in [-0.25, -0.2) is 0 Å². The van der Waals surface area contributed by atoms with Gasteiger partial charge >= 0.3 is 0 Å². The summed E-state index contributed by atoms with van der Waals surface area (Å²) in [5.74, 6) is 1.18. The molecule has 0 aliphatic rings. The highest BCUT2D eigenvalue weighted by atomic mass is 16.5. The van der Waals surface area contributed by atoms with E-state index in [0.29, 0.717) is 24.1 Å². The molecular weight excluding hydrogens is 252 g/mol. The molecule has 0 N–H and O–H groups in total. The van der Waals surface area contributed by atoms with E-state index in [0.717, 1.165) is 5.56 Å². The van der Waals surface area contributed by atoms with Gasteiger partial charge in [0.2, 0.25) is 11.7 Å². The molecule has 0 fully saturated rings. The van der Waals surface area contributed by atoms with Gasteiger partial charge in [0.15, 0.2) is 0 Å². The maximum Gasteiger partial charge on any atom is 0.237 e. The minimum Gasteiger partial charge on any atom is -0.338 e. The molecule has 0 aliphatic carbocycles. The highest BCUT2D eigenvalue weighted by Crippen LogP contribution is 2.23. The zero-order valence-electron chi connectivity index (χ0n) is 12.4. The number of hydrogen-bond donors (Lipinski definition) is 0. The fraction of sp³-hybridized carbons (Fsp3) is 0.438. The van der Waals surface area contributed by atoms with E-state index in [2.05, 4.69) is 36.1 Å². The molecule has 0 aliphatic heterocycles. The summed E-state index contributed by atoms with van der Waals surface area (Å²) in [4.78, 5) is 16.0. The predicted molar refractivity (Wildman–Crippen MR) is 77.5 cm³/mol. The number of nitrogens with zero attached hydrogens (tertiary/aromatic N) is 2. The van der Waals surface area contributed by atoms with Crippen molar-refractivity contribution in [2.45, 2.75) is 46.0 Å². The fourth-order valence-electron chi connectivity index (χ4n) is 1.99. The molecule has 0 spiro atoms. The van der Waals surface area contributed by atoms with E-state index >= 15 is 0 Å². The van der Waals surface area contributed by atoms with Crippen LogP contribution >= 0.6 is 0 Å². The highest BCUT2D eigenvalue weighted by molar-refractivity contribution is 5.84. The van der Waals surface area contributed by atoms with Gasteiger partial charge in [0, 0.05) is 12.0 Å². The fourth-order valence-corrected chi connectivity index (χ4v) is 1.99. The zero-order valence-corrected chi connectivity index (χ0v) is 12.4. The van der Waals surface area contributed by atoms with Crippen LogP contribution in [0.3, 0.4) is 0 Å². The third-order valence-electron chi connectivity index (χ3n) is 3.48. The summed E-state index contributed by atoms with van der Waals surface area (Å²) in [5.41, 5.74) is 2.17. The van der Waals surface area contributed by atoms with Crippen molar-refractivity contribution >= 4 is 5.78 Å². The molecular formula is C16H20N2O2. The molecule has 1 aromatic carbocycles. The largest absolute Gasteiger partial charge is 0.338 e. The summed E-state index contributed by atoms with van der Waals surface area (Å²) in [6.07, 6.45) is 0.474. The lowest BCUT2D eigenvalue weighted by Gasteiger charge is -2.04. The van der Waals surface area contributed by atoms with E-state index in [1.54, 1.807) is 6.92 Å². The van der Waals surface area contributed by atoms with Crippen molar-refractivity contribution in [2.24, 2.45) is 0 Å². The van der Waals surface area contributed by atoms with Crippen LogP contribution < -0.4 is 0 Å². The van der Waals surface area contributed by atoms with Crippen molar-refractivity contribution in [3.63, 3.8) is 0 Å². The van der Waals surface area contributed by atoms with Crippen LogP contribution in [-0.2, 0) is 4.79 Å². The van der Waals surface area contributed by atoms with Gasteiger partial charge in [-0.1, -0.05) is 50.2 Å². The molecule has 0 saturated carbocycles. The van der Waals surface area contributed by atoms with Gasteiger partial charge in [0.1, 0.15) is 5.78 Å². The van der Waals surface area contributed by atoms with Gasteiger partial charge in [0.05, 0.1) is 5.92 Å². The Morgan fingerprint density at radius 2 is 1.85 bits per heavy atom. The van der Waals surface area contributed by atoms with Gasteiger partial charge in [-0.15, -0.1) is 0 Å². The van der Waals surface area contributed by atoms with Gasteiger partial charge < -0.3 is 4.52 Å². The summed E-state index contributed by atoms with van der Waals surface area (Å²) in [5, 5.41) is 3.96. The van der Waals surface area contributed by atoms with Crippen molar-refractivity contribution < 1.29 is 9.32 Å². The van der Waals surface area contributed by atoms with Crippen molar-refractivity contribution in [3.8, 4) is 11.4 Å². The number of rotatable bonds is 5. The Morgan fingerprint density at radius 1 is 1.20 bits per heavy atom. The normalized spacial score (nSPS) is 12.7. The number of ketones is 1. The average Bonchev–Trinajstić information content (AvgIpc) is 2.95. The lowest BCUT2D eigenvalue weighted by molar-refractivity contribution is -0.120. The van der Waals surface area contributed by atoms with Crippen molar-refractivity contribution in [1.29, 1.82) is 0 Å². The smallest absolute Gasteiger partial charge is 0.237 e. The average molecular weight is 272 g/mol. The quantitative estimate of drug-likeness (QED) is 0.827. The molecule has 0 radical (unpaired) electrons. The first kappa shape index (κ1) is 14.4. The minimum atomic E-state index is -0.337. The van der Waals surface area contributed by atoms with Crippen LogP contribution in [-0.4, -0.2) is 15.9 Å². The summed E-state index contributed by atoms with van der Waals surface area (Å²) in [6, 6.07) is 8.10. The number of Topliss-reactive ketones (excluding diaryl/α,β-unsaturated/α-hetero) is 1. The summed E-state index contributed by atoms with van der Waals surface area (Å²) in [7, 11) is 0. The van der Waals surface area contributed by atoms with Crippen molar-refractivity contribution in [2.75, 3.05) is 0 Å². The van der Waals surface area contributed by atoms with Crippen LogP contribution in [0, 0.1) is 0 Å². The molecule has 1 atom stereocenters. The van der Waals surface area contributed by atoms with Crippen LogP contribution in [0.4, 0.5) is 0 Å². The number of aromatic nitrogens is 2. The Morgan fingerprint density at radius 3 is 2.40 bits per heavy atom. The second-order valence-electron chi connectivity index (χ2n) is 5.27. The van der Waals surface area contributed by atoms with E-state index in [9.17, 15) is 4.79 Å². The van der Waals surface area contributed by atoms with Gasteiger partial charge in [0.25, 0.3) is 0 Å². The number of benzene rings is 1. The number of carbonyl (C=O) groups is 1. The molecule has 1 unspecified atom stereocenters. The Kier molecular flexibility index (Phi) is 4.32. The molecule has 0 bridgehead atoms. The molecule has 20 heavy (non-hydrogen) atoms. The number of hydrogen-bond acceptors (Lipinski definition) is 4. The maximum atomic E-state index is 11.6. The molecule has 4 nitrogen and oxygen atoms in total. The Hall–Kier alpha value is -1.97. The first-order chi connectivity index (χ1) is 9.52. The Bertz CT molecular complexity index is 585. The maximum absolute atomic E-state index is 11.6. The molecule has 1 aromatic heterocycles. The Labute approximate surface area is 119 Å². The number of carbonyl (C=O) groups excluding carboxylic acids is 1. The lowest BCUT2D eigenvalue weighted by Crippen LogP contribution is -2.07. The molecule has 1 heterocycles. The Balaban J connectivity index is 2.22. The zero-order chi connectivity index (χ0) is 14.7. The second-order valence-corrected chi connectivity index (χ2v) is 5.27.